The number of carboxylic acid groups (broad SMARTS) is 1. The van der Waals surface area contributed by atoms with Gasteiger partial charge in [0, 0.05) is 6.42 Å². The first-order valence-electron chi connectivity index (χ1n) is 4.27. The van der Waals surface area contributed by atoms with Crippen molar-refractivity contribution in [1.82, 2.24) is 15.0 Å². The van der Waals surface area contributed by atoms with Crippen LogP contribution in [0.3, 0.4) is 0 Å². The molecule has 1 rings (SSSR count). The summed E-state index contributed by atoms with van der Waals surface area (Å²) < 4.78 is 36.8. The number of carbonyl (C=O) groups is 1. The highest BCUT2D eigenvalue weighted by Gasteiger charge is 2.31. The Hall–Kier alpha value is -1.64. The third kappa shape index (κ3) is 2.92. The zero-order valence-corrected chi connectivity index (χ0v) is 8.03. The van der Waals surface area contributed by atoms with E-state index < -0.39 is 24.4 Å². The van der Waals surface area contributed by atoms with Crippen LogP contribution in [0.5, 0.6) is 0 Å². The molecule has 0 aliphatic rings. The molecule has 0 saturated heterocycles. The van der Waals surface area contributed by atoms with Crippen LogP contribution in [0.2, 0.25) is 0 Å². The lowest BCUT2D eigenvalue weighted by Crippen LogP contribution is -2.22. The van der Waals surface area contributed by atoms with Crippen LogP contribution in [0, 0.1) is 0 Å². The van der Waals surface area contributed by atoms with Crippen LogP contribution in [0.25, 0.3) is 0 Å². The largest absolute Gasteiger partial charge is 0.476 e. The van der Waals surface area contributed by atoms with Gasteiger partial charge in [-0.25, -0.2) is 9.48 Å². The summed E-state index contributed by atoms with van der Waals surface area (Å²) in [6.07, 6.45) is -4.50. The summed E-state index contributed by atoms with van der Waals surface area (Å²) in [5, 5.41) is 15.0. The van der Waals surface area contributed by atoms with Crippen molar-refractivity contribution >= 4 is 5.97 Å². The first-order chi connectivity index (χ1) is 7.35. The molecule has 0 spiro atoms. The lowest BCUT2D eigenvalue weighted by atomic mass is 10.2. The van der Waals surface area contributed by atoms with Crippen LogP contribution in [0.15, 0.2) is 0 Å². The van der Waals surface area contributed by atoms with Crippen LogP contribution in [-0.2, 0) is 13.0 Å². The fourth-order valence-corrected chi connectivity index (χ4v) is 1.18. The summed E-state index contributed by atoms with van der Waals surface area (Å²) in [5.41, 5.74) is 4.57. The van der Waals surface area contributed by atoms with Crippen LogP contribution in [0.1, 0.15) is 16.2 Å². The molecule has 90 valence electrons. The standard InChI is InChI=1S/C7H9F3N4O2/c8-7(9,10)3-14-4(1-2-11)5(6(15)16)12-13-14/h1-3,11H2,(H,15,16). The molecule has 0 aliphatic carbocycles. The molecule has 0 amide bonds. The van der Waals surface area contributed by atoms with Crippen molar-refractivity contribution in [2.24, 2.45) is 5.73 Å². The number of aromatic nitrogens is 3. The Morgan fingerprint density at radius 3 is 2.56 bits per heavy atom. The number of rotatable bonds is 4. The Labute approximate surface area is 87.8 Å². The van der Waals surface area contributed by atoms with Gasteiger partial charge in [0.05, 0.1) is 5.69 Å². The van der Waals surface area contributed by atoms with E-state index in [2.05, 4.69) is 10.3 Å². The van der Waals surface area contributed by atoms with Crippen LogP contribution in [0.4, 0.5) is 13.2 Å². The highest BCUT2D eigenvalue weighted by molar-refractivity contribution is 5.86. The van der Waals surface area contributed by atoms with Gasteiger partial charge >= 0.3 is 12.1 Å². The highest BCUT2D eigenvalue weighted by atomic mass is 19.4. The van der Waals surface area contributed by atoms with Gasteiger partial charge in [0.25, 0.3) is 0 Å². The fraction of sp³-hybridized carbons (Fsp3) is 0.571. The van der Waals surface area contributed by atoms with Gasteiger partial charge in [-0.05, 0) is 6.54 Å². The number of carboxylic acids is 1. The van der Waals surface area contributed by atoms with Gasteiger partial charge in [-0.2, -0.15) is 13.2 Å². The van der Waals surface area contributed by atoms with Crippen molar-refractivity contribution in [2.45, 2.75) is 19.1 Å². The van der Waals surface area contributed by atoms with Gasteiger partial charge in [0.2, 0.25) is 0 Å². The smallest absolute Gasteiger partial charge is 0.408 e. The third-order valence-electron chi connectivity index (χ3n) is 1.75. The number of alkyl halides is 3. The van der Waals surface area contributed by atoms with Gasteiger partial charge in [-0.1, -0.05) is 5.21 Å². The van der Waals surface area contributed by atoms with E-state index in [9.17, 15) is 18.0 Å². The highest BCUT2D eigenvalue weighted by Crippen LogP contribution is 2.19. The topological polar surface area (TPSA) is 94.0 Å². The average Bonchev–Trinajstić information content (AvgIpc) is 2.47. The summed E-state index contributed by atoms with van der Waals surface area (Å²) in [6, 6.07) is 0. The monoisotopic (exact) mass is 238 g/mol. The summed E-state index contributed by atoms with van der Waals surface area (Å²) in [6.45, 7) is -1.35. The minimum Gasteiger partial charge on any atom is -0.476 e. The van der Waals surface area contributed by atoms with Crippen molar-refractivity contribution in [3.63, 3.8) is 0 Å². The third-order valence-corrected chi connectivity index (χ3v) is 1.75. The van der Waals surface area contributed by atoms with Crippen LogP contribution >= 0.6 is 0 Å². The normalized spacial score (nSPS) is 11.8. The van der Waals surface area contributed by atoms with Gasteiger partial charge in [-0.15, -0.1) is 5.10 Å². The molecule has 3 N–H and O–H groups in total. The van der Waals surface area contributed by atoms with E-state index in [0.717, 1.165) is 0 Å². The Morgan fingerprint density at radius 1 is 1.50 bits per heavy atom. The van der Waals surface area contributed by atoms with Gasteiger partial charge in [0.1, 0.15) is 6.54 Å². The lowest BCUT2D eigenvalue weighted by Gasteiger charge is -2.08. The van der Waals surface area contributed by atoms with E-state index in [1.807, 2.05) is 0 Å². The summed E-state index contributed by atoms with van der Waals surface area (Å²) in [7, 11) is 0. The minimum atomic E-state index is -4.48. The molecule has 0 aromatic carbocycles. The lowest BCUT2D eigenvalue weighted by molar-refractivity contribution is -0.143. The maximum Gasteiger partial charge on any atom is 0.408 e. The molecule has 0 radical (unpaired) electrons. The first kappa shape index (κ1) is 12.4. The van der Waals surface area contributed by atoms with E-state index >= 15 is 0 Å². The molecule has 0 aliphatic heterocycles. The van der Waals surface area contributed by atoms with Crippen molar-refractivity contribution in [2.75, 3.05) is 6.54 Å². The molecule has 0 bridgehead atoms. The number of aromatic carboxylic acids is 1. The Balaban J connectivity index is 3.05. The molecule has 6 nitrogen and oxygen atoms in total. The van der Waals surface area contributed by atoms with Crippen LogP contribution < -0.4 is 5.73 Å². The molecule has 0 fully saturated rings. The van der Waals surface area contributed by atoms with Gasteiger partial charge < -0.3 is 10.8 Å². The average molecular weight is 238 g/mol. The molecule has 0 unspecified atom stereocenters. The van der Waals surface area contributed by atoms with E-state index in [0.29, 0.717) is 4.68 Å². The Bertz CT molecular complexity index is 387. The van der Waals surface area contributed by atoms with Crippen molar-refractivity contribution in [1.29, 1.82) is 0 Å². The zero-order chi connectivity index (χ0) is 12.3. The molecular weight excluding hydrogens is 229 g/mol. The number of hydrogen-bond acceptors (Lipinski definition) is 4. The second-order valence-corrected chi connectivity index (χ2v) is 3.00. The summed E-state index contributed by atoms with van der Waals surface area (Å²) in [5.74, 6) is -1.42. The van der Waals surface area contributed by atoms with Crippen molar-refractivity contribution in [3.8, 4) is 0 Å². The molecule has 1 heterocycles. The fourth-order valence-electron chi connectivity index (χ4n) is 1.18. The number of nitrogens with zero attached hydrogens (tertiary/aromatic N) is 3. The number of nitrogens with two attached hydrogens (primary N) is 1. The molecule has 1 aromatic heterocycles. The molecular formula is C7H9F3N4O2. The molecule has 9 heteroatoms. The van der Waals surface area contributed by atoms with Gasteiger partial charge in [-0.3, -0.25) is 0 Å². The van der Waals surface area contributed by atoms with Gasteiger partial charge in [0.15, 0.2) is 5.69 Å². The first-order valence-corrected chi connectivity index (χ1v) is 4.27. The van der Waals surface area contributed by atoms with Crippen molar-refractivity contribution in [3.05, 3.63) is 11.4 Å². The second kappa shape index (κ2) is 4.47. The number of halogens is 3. The summed E-state index contributed by atoms with van der Waals surface area (Å²) >= 11 is 0. The Morgan fingerprint density at radius 2 is 2.12 bits per heavy atom. The van der Waals surface area contributed by atoms with Crippen LogP contribution in [-0.4, -0.2) is 38.8 Å². The maximum atomic E-state index is 12.1. The summed E-state index contributed by atoms with van der Waals surface area (Å²) in [4.78, 5) is 10.6. The molecule has 0 atom stereocenters. The van der Waals surface area contributed by atoms with E-state index in [1.54, 1.807) is 0 Å². The van der Waals surface area contributed by atoms with E-state index in [4.69, 9.17) is 10.8 Å². The Kier molecular flexibility index (Phi) is 3.48. The van der Waals surface area contributed by atoms with Crippen molar-refractivity contribution < 1.29 is 23.1 Å². The van der Waals surface area contributed by atoms with E-state index in [1.165, 1.54) is 0 Å². The maximum absolute atomic E-state index is 12.1. The van der Waals surface area contributed by atoms with E-state index in [-0.39, 0.29) is 18.7 Å². The zero-order valence-electron chi connectivity index (χ0n) is 8.03. The second-order valence-electron chi connectivity index (χ2n) is 3.00. The molecule has 1 aromatic rings. The number of hydrogen-bond donors (Lipinski definition) is 2. The predicted molar refractivity (Wildman–Crippen MR) is 45.8 cm³/mol. The molecule has 0 saturated carbocycles. The minimum absolute atomic E-state index is 0.0194. The SMILES string of the molecule is NCCc1c(C(=O)O)nnn1CC(F)(F)F. The molecule has 16 heavy (non-hydrogen) atoms. The quantitative estimate of drug-likeness (QED) is 0.772. The predicted octanol–water partition coefficient (Wildman–Crippen LogP) is 0.0398.